The molecule has 1 N–H and O–H groups in total. The van der Waals surface area contributed by atoms with Crippen LogP contribution in [0.2, 0.25) is 0 Å². The number of rotatable bonds is 2. The average molecular weight is 265 g/mol. The molecular formula is C15H23NOS. The average Bonchev–Trinajstić information content (AvgIpc) is 2.38. The Labute approximate surface area is 113 Å². The Bertz CT molecular complexity index is 413. The standard InChI is InChI=1S/C15H23NOS/c1-15(2,3)12-6-8-13(9-7-12)18(17)14-5-4-10-16-11-14/h6-9,14,16H,4-5,10-11H2,1-3H3. The van der Waals surface area contributed by atoms with E-state index in [9.17, 15) is 4.21 Å². The van der Waals surface area contributed by atoms with Gasteiger partial charge in [0.25, 0.3) is 0 Å². The molecule has 1 aliphatic heterocycles. The number of piperidine rings is 1. The number of hydrogen-bond acceptors (Lipinski definition) is 2. The molecule has 0 amide bonds. The smallest absolute Gasteiger partial charge is 0.0573 e. The van der Waals surface area contributed by atoms with Gasteiger partial charge in [-0.3, -0.25) is 4.21 Å². The van der Waals surface area contributed by atoms with Crippen LogP contribution in [0.1, 0.15) is 39.2 Å². The van der Waals surface area contributed by atoms with E-state index in [4.69, 9.17) is 0 Å². The van der Waals surface area contributed by atoms with Crippen molar-refractivity contribution in [1.82, 2.24) is 5.32 Å². The molecule has 1 fully saturated rings. The summed E-state index contributed by atoms with van der Waals surface area (Å²) in [6.45, 7) is 8.54. The molecule has 0 saturated carbocycles. The lowest BCUT2D eigenvalue weighted by Crippen LogP contribution is -2.36. The largest absolute Gasteiger partial charge is 0.316 e. The third kappa shape index (κ3) is 3.21. The van der Waals surface area contributed by atoms with Crippen LogP contribution in [0.15, 0.2) is 29.2 Å². The zero-order valence-electron chi connectivity index (χ0n) is 11.5. The van der Waals surface area contributed by atoms with E-state index in [1.54, 1.807) is 0 Å². The van der Waals surface area contributed by atoms with Crippen LogP contribution in [0, 0.1) is 0 Å². The highest BCUT2D eigenvalue weighted by atomic mass is 32.2. The van der Waals surface area contributed by atoms with Crippen molar-refractivity contribution in [2.75, 3.05) is 13.1 Å². The van der Waals surface area contributed by atoms with E-state index in [-0.39, 0.29) is 10.7 Å². The first kappa shape index (κ1) is 13.8. The molecular weight excluding hydrogens is 242 g/mol. The van der Waals surface area contributed by atoms with Crippen molar-refractivity contribution in [1.29, 1.82) is 0 Å². The van der Waals surface area contributed by atoms with Gasteiger partial charge in [-0.2, -0.15) is 0 Å². The first-order valence-electron chi connectivity index (χ1n) is 6.70. The van der Waals surface area contributed by atoms with Crippen molar-refractivity contribution in [2.45, 2.75) is 49.2 Å². The van der Waals surface area contributed by atoms with Crippen molar-refractivity contribution in [3.05, 3.63) is 29.8 Å². The Kier molecular flexibility index (Phi) is 4.23. The normalized spacial score (nSPS) is 22.7. The second kappa shape index (κ2) is 5.54. The van der Waals surface area contributed by atoms with E-state index >= 15 is 0 Å². The molecule has 0 aromatic heterocycles. The molecule has 1 aromatic rings. The Balaban J connectivity index is 2.11. The number of nitrogens with one attached hydrogen (secondary N) is 1. The van der Waals surface area contributed by atoms with Gasteiger partial charge in [0.15, 0.2) is 0 Å². The van der Waals surface area contributed by atoms with Crippen LogP contribution < -0.4 is 5.32 Å². The van der Waals surface area contributed by atoms with E-state index in [0.717, 1.165) is 30.8 Å². The quantitative estimate of drug-likeness (QED) is 0.891. The van der Waals surface area contributed by atoms with Gasteiger partial charge in [-0.25, -0.2) is 0 Å². The molecule has 0 aliphatic carbocycles. The topological polar surface area (TPSA) is 29.1 Å². The van der Waals surface area contributed by atoms with Crippen LogP contribution >= 0.6 is 0 Å². The van der Waals surface area contributed by atoms with E-state index in [0.29, 0.717) is 0 Å². The maximum atomic E-state index is 12.4. The van der Waals surface area contributed by atoms with Gasteiger partial charge < -0.3 is 5.32 Å². The second-order valence-corrected chi connectivity index (χ2v) is 7.77. The fraction of sp³-hybridized carbons (Fsp3) is 0.600. The van der Waals surface area contributed by atoms with Crippen molar-refractivity contribution in [3.8, 4) is 0 Å². The van der Waals surface area contributed by atoms with Crippen molar-refractivity contribution in [2.24, 2.45) is 0 Å². The molecule has 0 spiro atoms. The van der Waals surface area contributed by atoms with Gasteiger partial charge in [-0.15, -0.1) is 0 Å². The predicted octanol–water partition coefficient (Wildman–Crippen LogP) is 2.84. The highest BCUT2D eigenvalue weighted by Crippen LogP contribution is 2.24. The van der Waals surface area contributed by atoms with Crippen LogP contribution in [0.5, 0.6) is 0 Å². The SMILES string of the molecule is CC(C)(C)c1ccc(S(=O)C2CCCNC2)cc1. The Morgan fingerprint density at radius 2 is 1.89 bits per heavy atom. The number of benzene rings is 1. The van der Waals surface area contributed by atoms with Crippen molar-refractivity contribution >= 4 is 10.8 Å². The summed E-state index contributed by atoms with van der Waals surface area (Å²) in [7, 11) is -0.867. The summed E-state index contributed by atoms with van der Waals surface area (Å²) in [6, 6.07) is 8.30. The minimum Gasteiger partial charge on any atom is -0.316 e. The van der Waals surface area contributed by atoms with Crippen LogP contribution in [0.25, 0.3) is 0 Å². The fourth-order valence-electron chi connectivity index (χ4n) is 2.28. The summed E-state index contributed by atoms with van der Waals surface area (Å²) in [5.41, 5.74) is 1.46. The first-order valence-corrected chi connectivity index (χ1v) is 7.91. The van der Waals surface area contributed by atoms with Gasteiger partial charge in [0, 0.05) is 11.4 Å². The summed E-state index contributed by atoms with van der Waals surface area (Å²) in [5.74, 6) is 0. The van der Waals surface area contributed by atoms with Gasteiger partial charge in [-0.1, -0.05) is 32.9 Å². The fourth-order valence-corrected chi connectivity index (χ4v) is 3.72. The first-order chi connectivity index (χ1) is 8.48. The molecule has 2 nitrogen and oxygen atoms in total. The minimum atomic E-state index is -0.867. The summed E-state index contributed by atoms with van der Waals surface area (Å²) < 4.78 is 12.4. The third-order valence-electron chi connectivity index (χ3n) is 3.51. The lowest BCUT2D eigenvalue weighted by molar-refractivity contribution is 0.519. The van der Waals surface area contributed by atoms with Crippen molar-refractivity contribution < 1.29 is 4.21 Å². The molecule has 2 rings (SSSR count). The van der Waals surface area contributed by atoms with Crippen LogP contribution in [0.4, 0.5) is 0 Å². The molecule has 2 atom stereocenters. The molecule has 1 aliphatic rings. The van der Waals surface area contributed by atoms with Crippen LogP contribution in [0.3, 0.4) is 0 Å². The maximum Gasteiger partial charge on any atom is 0.0573 e. The minimum absolute atomic E-state index is 0.159. The Morgan fingerprint density at radius 1 is 1.22 bits per heavy atom. The van der Waals surface area contributed by atoms with E-state index in [2.05, 4.69) is 38.2 Å². The van der Waals surface area contributed by atoms with Gasteiger partial charge in [0.1, 0.15) is 0 Å². The van der Waals surface area contributed by atoms with E-state index in [1.807, 2.05) is 12.1 Å². The second-order valence-electron chi connectivity index (χ2n) is 6.04. The molecule has 1 heterocycles. The molecule has 1 saturated heterocycles. The number of hydrogen-bond donors (Lipinski definition) is 1. The molecule has 1 aromatic carbocycles. The molecule has 100 valence electrons. The molecule has 3 heteroatoms. The highest BCUT2D eigenvalue weighted by Gasteiger charge is 2.21. The summed E-state index contributed by atoms with van der Waals surface area (Å²) in [5, 5.41) is 3.61. The molecule has 18 heavy (non-hydrogen) atoms. The monoisotopic (exact) mass is 265 g/mol. The molecule has 0 radical (unpaired) electrons. The van der Waals surface area contributed by atoms with Gasteiger partial charge in [0.2, 0.25) is 0 Å². The Hall–Kier alpha value is -0.670. The van der Waals surface area contributed by atoms with Crippen molar-refractivity contribution in [3.63, 3.8) is 0 Å². The van der Waals surface area contributed by atoms with Gasteiger partial charge in [0.05, 0.1) is 16.0 Å². The van der Waals surface area contributed by atoms with Gasteiger partial charge >= 0.3 is 0 Å². The van der Waals surface area contributed by atoms with Crippen LogP contribution in [-0.2, 0) is 16.2 Å². The Morgan fingerprint density at radius 3 is 2.39 bits per heavy atom. The van der Waals surface area contributed by atoms with E-state index in [1.165, 1.54) is 5.56 Å². The van der Waals surface area contributed by atoms with Gasteiger partial charge in [-0.05, 0) is 42.5 Å². The van der Waals surface area contributed by atoms with E-state index < -0.39 is 10.8 Å². The zero-order chi connectivity index (χ0) is 13.2. The molecule has 0 bridgehead atoms. The third-order valence-corrected chi connectivity index (χ3v) is 5.25. The summed E-state index contributed by atoms with van der Waals surface area (Å²) >= 11 is 0. The lowest BCUT2D eigenvalue weighted by Gasteiger charge is -2.23. The lowest BCUT2D eigenvalue weighted by atomic mass is 9.87. The maximum absolute atomic E-state index is 12.4. The zero-order valence-corrected chi connectivity index (χ0v) is 12.3. The summed E-state index contributed by atoms with van der Waals surface area (Å²) in [4.78, 5) is 0.969. The predicted molar refractivity (Wildman–Crippen MR) is 77.4 cm³/mol. The van der Waals surface area contributed by atoms with Crippen LogP contribution in [-0.4, -0.2) is 22.5 Å². The molecule has 2 unspecified atom stereocenters. The summed E-state index contributed by atoms with van der Waals surface area (Å²) in [6.07, 6.45) is 2.21. The highest BCUT2D eigenvalue weighted by molar-refractivity contribution is 7.85.